The van der Waals surface area contributed by atoms with Crippen molar-refractivity contribution in [2.24, 2.45) is 0 Å². The summed E-state index contributed by atoms with van der Waals surface area (Å²) < 4.78 is 65.1. The summed E-state index contributed by atoms with van der Waals surface area (Å²) in [6.45, 7) is 0.184. The second-order valence-electron chi connectivity index (χ2n) is 3.96. The number of nitrogens with one attached hydrogen (secondary N) is 1. The highest BCUT2D eigenvalue weighted by Gasteiger charge is 2.26. The molecule has 1 heterocycles. The molecule has 2 rings (SSSR count). The number of halogens is 5. The molecule has 1 aromatic rings. The SMILES string of the molecule is Fc1c(F)c(F)c(NCC2CCCS2)c(F)c1F. The minimum atomic E-state index is -2.13. The van der Waals surface area contributed by atoms with Crippen molar-refractivity contribution >= 4 is 17.4 Å². The molecule has 1 unspecified atom stereocenters. The molecule has 7 heteroatoms. The molecule has 100 valence electrons. The molecule has 0 aliphatic carbocycles. The Bertz CT molecular complexity index is 430. The number of hydrogen-bond donors (Lipinski definition) is 1. The van der Waals surface area contributed by atoms with Crippen molar-refractivity contribution in [2.75, 3.05) is 17.6 Å². The normalized spacial score (nSPS) is 19.3. The Morgan fingerprint density at radius 1 is 0.944 bits per heavy atom. The standard InChI is InChI=1S/C11H10F5NS/c12-6-7(13)9(15)11(10(16)8(6)14)17-4-5-2-1-3-18-5/h5,17H,1-4H2. The molecule has 1 aromatic carbocycles. The van der Waals surface area contributed by atoms with Gasteiger partial charge in [0, 0.05) is 11.8 Å². The van der Waals surface area contributed by atoms with Crippen LogP contribution in [0.3, 0.4) is 0 Å². The van der Waals surface area contributed by atoms with Crippen molar-refractivity contribution in [3.05, 3.63) is 29.1 Å². The fraction of sp³-hybridized carbons (Fsp3) is 0.455. The first-order chi connectivity index (χ1) is 8.52. The van der Waals surface area contributed by atoms with Gasteiger partial charge in [-0.15, -0.1) is 0 Å². The summed E-state index contributed by atoms with van der Waals surface area (Å²) in [5.74, 6) is -8.65. The molecule has 18 heavy (non-hydrogen) atoms. The maximum absolute atomic E-state index is 13.3. The van der Waals surface area contributed by atoms with E-state index in [0.717, 1.165) is 18.6 Å². The number of anilines is 1. The van der Waals surface area contributed by atoms with Gasteiger partial charge in [0.25, 0.3) is 0 Å². The van der Waals surface area contributed by atoms with Crippen LogP contribution in [0.15, 0.2) is 0 Å². The molecule has 0 spiro atoms. The maximum Gasteiger partial charge on any atom is 0.200 e. The second kappa shape index (κ2) is 5.34. The highest BCUT2D eigenvalue weighted by atomic mass is 32.2. The summed E-state index contributed by atoms with van der Waals surface area (Å²) in [5.41, 5.74) is -0.945. The van der Waals surface area contributed by atoms with Gasteiger partial charge in [-0.1, -0.05) is 0 Å². The van der Waals surface area contributed by atoms with Crippen molar-refractivity contribution in [2.45, 2.75) is 18.1 Å². The summed E-state index contributed by atoms with van der Waals surface area (Å²) >= 11 is 1.62. The van der Waals surface area contributed by atoms with Crippen molar-refractivity contribution in [1.29, 1.82) is 0 Å². The smallest absolute Gasteiger partial charge is 0.200 e. The third-order valence-electron chi connectivity index (χ3n) is 2.74. The van der Waals surface area contributed by atoms with Crippen LogP contribution < -0.4 is 5.32 Å². The van der Waals surface area contributed by atoms with E-state index in [1.54, 1.807) is 11.8 Å². The third kappa shape index (κ3) is 2.41. The highest BCUT2D eigenvalue weighted by molar-refractivity contribution is 8.00. The van der Waals surface area contributed by atoms with Gasteiger partial charge in [-0.25, -0.2) is 22.0 Å². The summed E-state index contributed by atoms with van der Waals surface area (Å²) in [7, 11) is 0. The molecule has 1 nitrogen and oxygen atoms in total. The van der Waals surface area contributed by atoms with E-state index in [2.05, 4.69) is 5.32 Å². The summed E-state index contributed by atoms with van der Waals surface area (Å²) in [6.07, 6.45) is 1.86. The van der Waals surface area contributed by atoms with Crippen molar-refractivity contribution in [3.8, 4) is 0 Å². The number of rotatable bonds is 3. The Kier molecular flexibility index (Phi) is 3.99. The van der Waals surface area contributed by atoms with Gasteiger partial charge in [0.2, 0.25) is 5.82 Å². The summed E-state index contributed by atoms with van der Waals surface area (Å²) in [4.78, 5) is 0. The van der Waals surface area contributed by atoms with E-state index in [1.165, 1.54) is 0 Å². The zero-order valence-electron chi connectivity index (χ0n) is 9.20. The Hall–Kier alpha value is -0.980. The Morgan fingerprint density at radius 3 is 2.00 bits per heavy atom. The molecule has 0 aromatic heterocycles. The summed E-state index contributed by atoms with van der Waals surface area (Å²) in [5, 5.41) is 2.45. The first-order valence-corrected chi connectivity index (χ1v) is 6.44. The van der Waals surface area contributed by atoms with E-state index in [0.29, 0.717) is 0 Å². The largest absolute Gasteiger partial charge is 0.379 e. The molecule has 1 atom stereocenters. The fourth-order valence-corrected chi connectivity index (χ4v) is 2.98. The Balaban J connectivity index is 2.21. The average molecular weight is 283 g/mol. The van der Waals surface area contributed by atoms with Gasteiger partial charge in [-0.05, 0) is 18.6 Å². The molecular formula is C11H10F5NS. The van der Waals surface area contributed by atoms with E-state index in [9.17, 15) is 22.0 Å². The lowest BCUT2D eigenvalue weighted by Gasteiger charge is -2.13. The van der Waals surface area contributed by atoms with E-state index in [-0.39, 0.29) is 11.8 Å². The Morgan fingerprint density at radius 2 is 1.50 bits per heavy atom. The van der Waals surface area contributed by atoms with E-state index in [1.807, 2.05) is 0 Å². The minimum Gasteiger partial charge on any atom is -0.379 e. The topological polar surface area (TPSA) is 12.0 Å². The van der Waals surface area contributed by atoms with Crippen LogP contribution in [0.5, 0.6) is 0 Å². The van der Waals surface area contributed by atoms with E-state index < -0.39 is 34.8 Å². The minimum absolute atomic E-state index is 0.139. The van der Waals surface area contributed by atoms with Crippen molar-refractivity contribution in [3.63, 3.8) is 0 Å². The fourth-order valence-electron chi connectivity index (χ4n) is 1.78. The second-order valence-corrected chi connectivity index (χ2v) is 5.37. The number of thioether (sulfide) groups is 1. The van der Waals surface area contributed by atoms with Crippen LogP contribution in [0.1, 0.15) is 12.8 Å². The van der Waals surface area contributed by atoms with Gasteiger partial charge in [0.1, 0.15) is 5.69 Å². The van der Waals surface area contributed by atoms with E-state index >= 15 is 0 Å². The van der Waals surface area contributed by atoms with Crippen LogP contribution in [0.2, 0.25) is 0 Å². The van der Waals surface area contributed by atoms with Gasteiger partial charge in [0.05, 0.1) is 0 Å². The van der Waals surface area contributed by atoms with Crippen LogP contribution >= 0.6 is 11.8 Å². The molecule has 0 bridgehead atoms. The number of hydrogen-bond acceptors (Lipinski definition) is 2. The quantitative estimate of drug-likeness (QED) is 0.516. The molecule has 0 saturated carbocycles. The van der Waals surface area contributed by atoms with Crippen LogP contribution in [0.25, 0.3) is 0 Å². The molecule has 0 radical (unpaired) electrons. The molecule has 1 fully saturated rings. The lowest BCUT2D eigenvalue weighted by Crippen LogP contribution is -2.17. The van der Waals surface area contributed by atoms with Crippen molar-refractivity contribution in [1.82, 2.24) is 0 Å². The molecular weight excluding hydrogens is 273 g/mol. The van der Waals surface area contributed by atoms with Gasteiger partial charge in [-0.2, -0.15) is 11.8 Å². The predicted molar refractivity (Wildman–Crippen MR) is 60.2 cm³/mol. The molecule has 1 N–H and O–H groups in total. The summed E-state index contributed by atoms with van der Waals surface area (Å²) in [6, 6.07) is 0. The van der Waals surface area contributed by atoms with Crippen LogP contribution in [0.4, 0.5) is 27.6 Å². The zero-order chi connectivity index (χ0) is 13.3. The molecule has 0 amide bonds. The monoisotopic (exact) mass is 283 g/mol. The highest BCUT2D eigenvalue weighted by Crippen LogP contribution is 2.30. The molecule has 1 aliphatic rings. The first-order valence-electron chi connectivity index (χ1n) is 5.39. The van der Waals surface area contributed by atoms with E-state index in [4.69, 9.17) is 0 Å². The average Bonchev–Trinajstić information content (AvgIpc) is 2.87. The molecule has 1 aliphatic heterocycles. The lowest BCUT2D eigenvalue weighted by atomic mass is 10.2. The van der Waals surface area contributed by atoms with Gasteiger partial charge < -0.3 is 5.32 Å². The zero-order valence-corrected chi connectivity index (χ0v) is 10.0. The van der Waals surface area contributed by atoms with Gasteiger partial charge in [0.15, 0.2) is 23.3 Å². The van der Waals surface area contributed by atoms with Crippen LogP contribution in [-0.2, 0) is 0 Å². The van der Waals surface area contributed by atoms with Gasteiger partial charge >= 0.3 is 0 Å². The molecule has 1 saturated heterocycles. The van der Waals surface area contributed by atoms with Crippen molar-refractivity contribution < 1.29 is 22.0 Å². The predicted octanol–water partition coefficient (Wildman–Crippen LogP) is 3.69. The number of benzene rings is 1. The third-order valence-corrected chi connectivity index (χ3v) is 4.14. The maximum atomic E-state index is 13.3. The van der Waals surface area contributed by atoms with Crippen LogP contribution in [0, 0.1) is 29.1 Å². The van der Waals surface area contributed by atoms with Gasteiger partial charge in [-0.3, -0.25) is 0 Å². The Labute approximate surface area is 105 Å². The lowest BCUT2D eigenvalue weighted by molar-refractivity contribution is 0.381. The first kappa shape index (κ1) is 13.5. The van der Waals surface area contributed by atoms with Crippen LogP contribution in [-0.4, -0.2) is 17.5 Å².